The van der Waals surface area contributed by atoms with Crippen LogP contribution in [0.15, 0.2) is 24.3 Å². The Morgan fingerprint density at radius 3 is 2.63 bits per heavy atom. The van der Waals surface area contributed by atoms with E-state index in [-0.39, 0.29) is 17.6 Å². The minimum absolute atomic E-state index is 0.0117. The van der Waals surface area contributed by atoms with E-state index in [9.17, 15) is 9.59 Å². The highest BCUT2D eigenvalue weighted by atomic mass is 16.5. The van der Waals surface area contributed by atoms with Gasteiger partial charge in [-0.1, -0.05) is 6.92 Å². The second kappa shape index (κ2) is 5.87. The van der Waals surface area contributed by atoms with Crippen molar-refractivity contribution in [2.75, 3.05) is 19.7 Å². The summed E-state index contributed by atoms with van der Waals surface area (Å²) in [6, 6.07) is 7.15. The largest absolute Gasteiger partial charge is 0.494 e. The molecule has 19 heavy (non-hydrogen) atoms. The molecule has 0 aliphatic carbocycles. The van der Waals surface area contributed by atoms with Gasteiger partial charge in [0, 0.05) is 31.0 Å². The summed E-state index contributed by atoms with van der Waals surface area (Å²) in [5.74, 6) is 0.944. The van der Waals surface area contributed by atoms with Crippen LogP contribution in [0.2, 0.25) is 0 Å². The van der Waals surface area contributed by atoms with Crippen molar-refractivity contribution in [3.63, 3.8) is 0 Å². The number of amides is 1. The molecule has 1 aromatic rings. The number of likely N-dealkylation sites (tertiary alicyclic amines) is 1. The van der Waals surface area contributed by atoms with Crippen LogP contribution in [0.5, 0.6) is 5.75 Å². The number of hydrogen-bond acceptors (Lipinski definition) is 3. The maximum absolute atomic E-state index is 12.3. The van der Waals surface area contributed by atoms with Crippen LogP contribution in [-0.4, -0.2) is 36.3 Å². The molecule has 1 aliphatic heterocycles. The minimum Gasteiger partial charge on any atom is -0.494 e. The number of ketones is 1. The highest BCUT2D eigenvalue weighted by Crippen LogP contribution is 2.17. The van der Waals surface area contributed by atoms with E-state index in [2.05, 4.69) is 0 Å². The molecule has 1 atom stereocenters. The third kappa shape index (κ3) is 3.13. The van der Waals surface area contributed by atoms with Crippen LogP contribution in [0.4, 0.5) is 0 Å². The predicted molar refractivity (Wildman–Crippen MR) is 72.3 cm³/mol. The molecule has 1 saturated heterocycles. The number of carbonyl (C=O) groups is 2. The summed E-state index contributed by atoms with van der Waals surface area (Å²) in [5.41, 5.74) is 0.644. The Hall–Kier alpha value is -1.84. The molecule has 1 amide bonds. The van der Waals surface area contributed by atoms with Crippen LogP contribution in [0.1, 0.15) is 30.6 Å². The summed E-state index contributed by atoms with van der Waals surface area (Å²) in [6.07, 6.45) is 0.462. The average molecular weight is 261 g/mol. The Kier molecular flexibility index (Phi) is 4.20. The molecule has 1 heterocycles. The number of hydrogen-bond donors (Lipinski definition) is 0. The second-order valence-electron chi connectivity index (χ2n) is 4.83. The Balaban J connectivity index is 2.05. The number of nitrogens with zero attached hydrogens (tertiary/aromatic N) is 1. The van der Waals surface area contributed by atoms with Crippen molar-refractivity contribution in [3.8, 4) is 5.75 Å². The number of rotatable bonds is 3. The van der Waals surface area contributed by atoms with E-state index in [1.54, 1.807) is 29.2 Å². The lowest BCUT2D eigenvalue weighted by molar-refractivity contribution is -0.124. The molecule has 0 radical (unpaired) electrons. The number of piperidine rings is 1. The SMILES string of the molecule is CCOc1ccc(C(=O)N2CCC(=O)C(C)C2)cc1. The van der Waals surface area contributed by atoms with Crippen LogP contribution in [-0.2, 0) is 4.79 Å². The fraction of sp³-hybridized carbons (Fsp3) is 0.467. The summed E-state index contributed by atoms with van der Waals surface area (Å²) in [6.45, 7) is 5.45. The summed E-state index contributed by atoms with van der Waals surface area (Å²) in [5, 5.41) is 0. The Bertz CT molecular complexity index is 467. The van der Waals surface area contributed by atoms with Gasteiger partial charge in [0.15, 0.2) is 0 Å². The fourth-order valence-electron chi connectivity index (χ4n) is 2.24. The molecular formula is C15H19NO3. The standard InChI is InChI=1S/C15H19NO3/c1-3-19-13-6-4-12(5-7-13)15(18)16-9-8-14(17)11(2)10-16/h4-7,11H,3,8-10H2,1-2H3. The van der Waals surface area contributed by atoms with Gasteiger partial charge in [-0.25, -0.2) is 0 Å². The van der Waals surface area contributed by atoms with E-state index in [1.165, 1.54) is 0 Å². The first-order valence-electron chi connectivity index (χ1n) is 6.66. The van der Waals surface area contributed by atoms with E-state index in [0.717, 1.165) is 5.75 Å². The van der Waals surface area contributed by atoms with Crippen molar-refractivity contribution in [2.24, 2.45) is 5.92 Å². The van der Waals surface area contributed by atoms with E-state index in [4.69, 9.17) is 4.74 Å². The first-order chi connectivity index (χ1) is 9.11. The molecule has 1 unspecified atom stereocenters. The van der Waals surface area contributed by atoms with Crippen LogP contribution in [0.3, 0.4) is 0 Å². The molecule has 0 N–H and O–H groups in total. The van der Waals surface area contributed by atoms with E-state index in [0.29, 0.717) is 31.7 Å². The zero-order valence-electron chi connectivity index (χ0n) is 11.4. The van der Waals surface area contributed by atoms with E-state index >= 15 is 0 Å². The topological polar surface area (TPSA) is 46.6 Å². The second-order valence-corrected chi connectivity index (χ2v) is 4.83. The molecule has 0 saturated carbocycles. The molecule has 102 valence electrons. The lowest BCUT2D eigenvalue weighted by atomic mass is 9.98. The van der Waals surface area contributed by atoms with Gasteiger partial charge in [-0.15, -0.1) is 0 Å². The van der Waals surface area contributed by atoms with Gasteiger partial charge in [0.1, 0.15) is 11.5 Å². The Morgan fingerprint density at radius 1 is 1.37 bits per heavy atom. The monoisotopic (exact) mass is 261 g/mol. The number of Topliss-reactive ketones (excluding diaryl/α,β-unsaturated/α-hetero) is 1. The summed E-state index contributed by atoms with van der Waals surface area (Å²) < 4.78 is 5.35. The van der Waals surface area contributed by atoms with Crippen molar-refractivity contribution in [3.05, 3.63) is 29.8 Å². The van der Waals surface area contributed by atoms with Gasteiger partial charge >= 0.3 is 0 Å². The van der Waals surface area contributed by atoms with Gasteiger partial charge in [0.25, 0.3) is 5.91 Å². The molecule has 0 aromatic heterocycles. The third-order valence-electron chi connectivity index (χ3n) is 3.37. The average Bonchev–Trinajstić information content (AvgIpc) is 2.42. The summed E-state index contributed by atoms with van der Waals surface area (Å²) in [7, 11) is 0. The quantitative estimate of drug-likeness (QED) is 0.837. The van der Waals surface area contributed by atoms with Gasteiger partial charge in [-0.3, -0.25) is 9.59 Å². The number of carbonyl (C=O) groups excluding carboxylic acids is 2. The van der Waals surface area contributed by atoms with Gasteiger partial charge in [-0.2, -0.15) is 0 Å². The van der Waals surface area contributed by atoms with Crippen molar-refractivity contribution in [2.45, 2.75) is 20.3 Å². The molecular weight excluding hydrogens is 242 g/mol. The van der Waals surface area contributed by atoms with Crippen LogP contribution < -0.4 is 4.74 Å². The zero-order chi connectivity index (χ0) is 13.8. The van der Waals surface area contributed by atoms with Crippen LogP contribution in [0.25, 0.3) is 0 Å². The third-order valence-corrected chi connectivity index (χ3v) is 3.37. The molecule has 0 bridgehead atoms. The summed E-state index contributed by atoms with van der Waals surface area (Å²) >= 11 is 0. The molecule has 0 spiro atoms. The van der Waals surface area contributed by atoms with Gasteiger partial charge in [0.05, 0.1) is 6.61 Å². The minimum atomic E-state index is -0.0552. The molecule has 1 aromatic carbocycles. The Labute approximate surface area is 113 Å². The fourth-order valence-corrected chi connectivity index (χ4v) is 2.24. The van der Waals surface area contributed by atoms with Crippen LogP contribution in [0, 0.1) is 5.92 Å². The van der Waals surface area contributed by atoms with Crippen molar-refractivity contribution in [1.29, 1.82) is 0 Å². The zero-order valence-corrected chi connectivity index (χ0v) is 11.4. The molecule has 4 nitrogen and oxygen atoms in total. The predicted octanol–water partition coefficient (Wildman–Crippen LogP) is 2.14. The summed E-state index contributed by atoms with van der Waals surface area (Å²) in [4.78, 5) is 25.5. The normalized spacial score (nSPS) is 19.4. The van der Waals surface area contributed by atoms with Gasteiger partial charge in [0.2, 0.25) is 0 Å². The highest BCUT2D eigenvalue weighted by molar-refractivity contribution is 5.95. The van der Waals surface area contributed by atoms with E-state index < -0.39 is 0 Å². The smallest absolute Gasteiger partial charge is 0.253 e. The van der Waals surface area contributed by atoms with Crippen molar-refractivity contribution in [1.82, 2.24) is 4.90 Å². The molecule has 1 aliphatic rings. The maximum Gasteiger partial charge on any atom is 0.253 e. The van der Waals surface area contributed by atoms with Gasteiger partial charge < -0.3 is 9.64 Å². The molecule has 4 heteroatoms. The highest BCUT2D eigenvalue weighted by Gasteiger charge is 2.27. The number of ether oxygens (including phenoxy) is 1. The van der Waals surface area contributed by atoms with Crippen LogP contribution >= 0.6 is 0 Å². The maximum atomic E-state index is 12.3. The lowest BCUT2D eigenvalue weighted by Crippen LogP contribution is -2.43. The Morgan fingerprint density at radius 2 is 2.05 bits per heavy atom. The van der Waals surface area contributed by atoms with Crippen molar-refractivity contribution >= 4 is 11.7 Å². The lowest BCUT2D eigenvalue weighted by Gasteiger charge is -2.30. The molecule has 1 fully saturated rings. The first kappa shape index (κ1) is 13.6. The van der Waals surface area contributed by atoms with E-state index in [1.807, 2.05) is 13.8 Å². The number of benzene rings is 1. The molecule has 2 rings (SSSR count). The first-order valence-corrected chi connectivity index (χ1v) is 6.66. The van der Waals surface area contributed by atoms with Gasteiger partial charge in [-0.05, 0) is 31.2 Å². The van der Waals surface area contributed by atoms with Crippen molar-refractivity contribution < 1.29 is 14.3 Å².